The largest absolute Gasteiger partial charge is 0.464 e. The minimum Gasteiger partial charge on any atom is -0.464 e. The Kier molecular flexibility index (Phi) is 6.10. The third-order valence-corrected chi connectivity index (χ3v) is 3.52. The summed E-state index contributed by atoms with van der Waals surface area (Å²) in [6, 6.07) is 19.4. The standard InChI is InChI=1S/C20H23NO2/c1-4-23-20(22)18(15(2)3)21-19(16-11-7-5-8-12-16)17-13-9-6-10-14-17/h5-15,18H,4H2,1-3H3/t18-/m1/s1. The fourth-order valence-electron chi connectivity index (χ4n) is 2.35. The molecule has 23 heavy (non-hydrogen) atoms. The van der Waals surface area contributed by atoms with Crippen LogP contribution in [0.25, 0.3) is 0 Å². The van der Waals surface area contributed by atoms with Crippen molar-refractivity contribution < 1.29 is 9.53 Å². The summed E-state index contributed by atoms with van der Waals surface area (Å²) >= 11 is 0. The Morgan fingerprint density at radius 2 is 1.43 bits per heavy atom. The maximum atomic E-state index is 12.3. The van der Waals surface area contributed by atoms with Gasteiger partial charge in [0, 0.05) is 11.1 Å². The minimum atomic E-state index is -0.509. The highest BCUT2D eigenvalue weighted by Crippen LogP contribution is 2.16. The number of rotatable bonds is 6. The molecule has 0 bridgehead atoms. The number of benzene rings is 2. The number of hydrogen-bond donors (Lipinski definition) is 0. The van der Waals surface area contributed by atoms with Crippen molar-refractivity contribution >= 4 is 11.7 Å². The number of esters is 1. The van der Waals surface area contributed by atoms with E-state index in [1.807, 2.05) is 81.4 Å². The molecule has 3 heteroatoms. The van der Waals surface area contributed by atoms with Gasteiger partial charge in [0.25, 0.3) is 0 Å². The Balaban J connectivity index is 2.49. The van der Waals surface area contributed by atoms with Crippen LogP contribution >= 0.6 is 0 Å². The molecule has 0 spiro atoms. The van der Waals surface area contributed by atoms with E-state index in [0.717, 1.165) is 16.8 Å². The van der Waals surface area contributed by atoms with Gasteiger partial charge in [-0.15, -0.1) is 0 Å². The third-order valence-electron chi connectivity index (χ3n) is 3.52. The quantitative estimate of drug-likeness (QED) is 0.595. The average Bonchev–Trinajstić information content (AvgIpc) is 2.57. The Morgan fingerprint density at radius 1 is 0.957 bits per heavy atom. The normalized spacial score (nSPS) is 11.8. The maximum Gasteiger partial charge on any atom is 0.331 e. The fraction of sp³-hybridized carbons (Fsp3) is 0.300. The zero-order chi connectivity index (χ0) is 16.7. The first kappa shape index (κ1) is 16.9. The highest BCUT2D eigenvalue weighted by Gasteiger charge is 2.24. The van der Waals surface area contributed by atoms with Crippen LogP contribution in [0.1, 0.15) is 31.9 Å². The Labute approximate surface area is 138 Å². The molecule has 0 saturated heterocycles. The second-order valence-electron chi connectivity index (χ2n) is 5.65. The molecule has 2 aromatic carbocycles. The third kappa shape index (κ3) is 4.52. The smallest absolute Gasteiger partial charge is 0.331 e. The van der Waals surface area contributed by atoms with E-state index in [2.05, 4.69) is 0 Å². The summed E-state index contributed by atoms with van der Waals surface area (Å²) in [6.07, 6.45) is 0. The molecule has 0 amide bonds. The summed E-state index contributed by atoms with van der Waals surface area (Å²) in [5, 5.41) is 0. The van der Waals surface area contributed by atoms with Crippen LogP contribution in [0.5, 0.6) is 0 Å². The lowest BCUT2D eigenvalue weighted by atomic mass is 10.00. The number of carbonyl (C=O) groups is 1. The number of ether oxygens (including phenoxy) is 1. The highest BCUT2D eigenvalue weighted by molar-refractivity contribution is 6.13. The summed E-state index contributed by atoms with van der Waals surface area (Å²) in [5.74, 6) is -0.205. The first-order valence-electron chi connectivity index (χ1n) is 7.98. The van der Waals surface area contributed by atoms with Crippen molar-refractivity contribution in [2.75, 3.05) is 6.61 Å². The topological polar surface area (TPSA) is 38.7 Å². The Hall–Kier alpha value is -2.42. The van der Waals surface area contributed by atoms with Gasteiger partial charge < -0.3 is 4.74 Å². The molecule has 120 valence electrons. The number of aliphatic imine (C=N–C) groups is 1. The van der Waals surface area contributed by atoms with Crippen molar-refractivity contribution in [3.63, 3.8) is 0 Å². The van der Waals surface area contributed by atoms with Crippen molar-refractivity contribution in [1.82, 2.24) is 0 Å². The molecule has 0 radical (unpaired) electrons. The zero-order valence-corrected chi connectivity index (χ0v) is 13.9. The highest BCUT2D eigenvalue weighted by atomic mass is 16.5. The summed E-state index contributed by atoms with van der Waals surface area (Å²) in [7, 11) is 0. The molecule has 0 aromatic heterocycles. The lowest BCUT2D eigenvalue weighted by molar-refractivity contribution is -0.145. The average molecular weight is 309 g/mol. The SMILES string of the molecule is CCOC(=O)[C@H](N=C(c1ccccc1)c1ccccc1)C(C)C. The van der Waals surface area contributed by atoms with E-state index >= 15 is 0 Å². The predicted octanol–water partition coefficient (Wildman–Crippen LogP) is 4.11. The van der Waals surface area contributed by atoms with Gasteiger partial charge in [-0.25, -0.2) is 4.79 Å². The van der Waals surface area contributed by atoms with Gasteiger partial charge in [-0.3, -0.25) is 4.99 Å². The Bertz CT molecular complexity index is 606. The van der Waals surface area contributed by atoms with Crippen molar-refractivity contribution in [2.45, 2.75) is 26.8 Å². The number of hydrogen-bond acceptors (Lipinski definition) is 3. The second-order valence-corrected chi connectivity index (χ2v) is 5.65. The van der Waals surface area contributed by atoms with Gasteiger partial charge in [-0.2, -0.15) is 0 Å². The van der Waals surface area contributed by atoms with Gasteiger partial charge in [-0.1, -0.05) is 74.5 Å². The van der Waals surface area contributed by atoms with Gasteiger partial charge >= 0.3 is 5.97 Å². The van der Waals surface area contributed by atoms with Crippen LogP contribution in [0.4, 0.5) is 0 Å². The van der Waals surface area contributed by atoms with E-state index in [0.29, 0.717) is 6.61 Å². The van der Waals surface area contributed by atoms with E-state index in [1.165, 1.54) is 0 Å². The molecule has 2 rings (SSSR count). The monoisotopic (exact) mass is 309 g/mol. The number of nitrogens with zero attached hydrogens (tertiary/aromatic N) is 1. The molecule has 2 aromatic rings. The molecule has 0 aliphatic rings. The van der Waals surface area contributed by atoms with Gasteiger partial charge in [-0.05, 0) is 12.8 Å². The fourth-order valence-corrected chi connectivity index (χ4v) is 2.35. The Morgan fingerprint density at radius 3 is 1.83 bits per heavy atom. The van der Waals surface area contributed by atoms with Crippen LogP contribution in [0.3, 0.4) is 0 Å². The van der Waals surface area contributed by atoms with Crippen LogP contribution in [0, 0.1) is 5.92 Å². The first-order valence-corrected chi connectivity index (χ1v) is 7.98. The molecule has 0 unspecified atom stereocenters. The summed E-state index contributed by atoms with van der Waals surface area (Å²) < 4.78 is 5.19. The molecule has 3 nitrogen and oxygen atoms in total. The van der Waals surface area contributed by atoms with Crippen molar-refractivity contribution in [2.24, 2.45) is 10.9 Å². The van der Waals surface area contributed by atoms with E-state index in [9.17, 15) is 4.79 Å². The lowest BCUT2D eigenvalue weighted by Gasteiger charge is -2.17. The van der Waals surface area contributed by atoms with Gasteiger partial charge in [0.2, 0.25) is 0 Å². The van der Waals surface area contributed by atoms with Crippen LogP contribution in [0.2, 0.25) is 0 Å². The maximum absolute atomic E-state index is 12.3. The summed E-state index contributed by atoms with van der Waals surface area (Å²) in [5.41, 5.74) is 2.81. The molecule has 0 aliphatic carbocycles. The van der Waals surface area contributed by atoms with Crippen molar-refractivity contribution in [3.8, 4) is 0 Å². The summed E-state index contributed by atoms with van der Waals surface area (Å²) in [6.45, 7) is 6.15. The predicted molar refractivity (Wildman–Crippen MR) is 93.8 cm³/mol. The van der Waals surface area contributed by atoms with E-state index in [-0.39, 0.29) is 11.9 Å². The molecule has 0 N–H and O–H groups in total. The van der Waals surface area contributed by atoms with E-state index in [1.54, 1.807) is 0 Å². The molecular formula is C20H23NO2. The van der Waals surface area contributed by atoms with Crippen molar-refractivity contribution in [1.29, 1.82) is 0 Å². The first-order chi connectivity index (χ1) is 11.1. The van der Waals surface area contributed by atoms with Crippen molar-refractivity contribution in [3.05, 3.63) is 71.8 Å². The molecule has 1 atom stereocenters. The molecular weight excluding hydrogens is 286 g/mol. The van der Waals surface area contributed by atoms with Crippen LogP contribution < -0.4 is 0 Å². The molecule has 0 aliphatic heterocycles. The zero-order valence-electron chi connectivity index (χ0n) is 13.9. The second kappa shape index (κ2) is 8.28. The van der Waals surface area contributed by atoms with Crippen LogP contribution in [-0.2, 0) is 9.53 Å². The molecule has 0 saturated carbocycles. The van der Waals surface area contributed by atoms with E-state index < -0.39 is 6.04 Å². The van der Waals surface area contributed by atoms with Crippen LogP contribution in [-0.4, -0.2) is 24.3 Å². The van der Waals surface area contributed by atoms with Crippen LogP contribution in [0.15, 0.2) is 65.7 Å². The lowest BCUT2D eigenvalue weighted by Crippen LogP contribution is -2.28. The van der Waals surface area contributed by atoms with Gasteiger partial charge in [0.05, 0.1) is 12.3 Å². The van der Waals surface area contributed by atoms with Gasteiger partial charge in [0.15, 0.2) is 6.04 Å². The summed E-state index contributed by atoms with van der Waals surface area (Å²) in [4.78, 5) is 17.0. The number of carbonyl (C=O) groups excluding carboxylic acids is 1. The molecule has 0 fully saturated rings. The minimum absolute atomic E-state index is 0.0662. The van der Waals surface area contributed by atoms with Gasteiger partial charge in [0.1, 0.15) is 0 Å². The molecule has 0 heterocycles. The van der Waals surface area contributed by atoms with E-state index in [4.69, 9.17) is 9.73 Å².